The van der Waals surface area contributed by atoms with Gasteiger partial charge in [-0.3, -0.25) is 9.36 Å². The maximum absolute atomic E-state index is 12.8. The molecule has 3 aromatic rings. The van der Waals surface area contributed by atoms with E-state index in [1.165, 1.54) is 23.9 Å². The molecule has 4 nitrogen and oxygen atoms in total. The second-order valence-corrected chi connectivity index (χ2v) is 7.28. The van der Waals surface area contributed by atoms with E-state index in [1.54, 1.807) is 12.4 Å². The number of imidazole rings is 1. The quantitative estimate of drug-likeness (QED) is 0.591. The van der Waals surface area contributed by atoms with E-state index in [0.717, 1.165) is 28.9 Å². The minimum absolute atomic E-state index is 0.0258. The molecule has 0 bridgehead atoms. The topological polar surface area (TPSA) is 46.9 Å². The van der Waals surface area contributed by atoms with Gasteiger partial charge in [0, 0.05) is 23.8 Å². The Bertz CT molecular complexity index is 978. The third-order valence-electron chi connectivity index (χ3n) is 3.90. The van der Waals surface area contributed by atoms with Gasteiger partial charge in [0.25, 0.3) is 0 Å². The Morgan fingerprint density at radius 1 is 1.14 bits per heavy atom. The fraction of sp³-hybridized carbons (Fsp3) is 0.200. The number of benzene rings is 2. The summed E-state index contributed by atoms with van der Waals surface area (Å²) in [5.41, 5.74) is 2.47. The lowest BCUT2D eigenvalue weighted by Crippen LogP contribution is -2.15. The zero-order chi connectivity index (χ0) is 20.3. The van der Waals surface area contributed by atoms with Crippen molar-refractivity contribution in [3.63, 3.8) is 0 Å². The van der Waals surface area contributed by atoms with Gasteiger partial charge in [-0.25, -0.2) is 4.98 Å². The van der Waals surface area contributed by atoms with Crippen LogP contribution in [0.2, 0.25) is 0 Å². The highest BCUT2D eigenvalue weighted by Crippen LogP contribution is 2.30. The lowest BCUT2D eigenvalue weighted by atomic mass is 10.1. The van der Waals surface area contributed by atoms with Gasteiger partial charge in [0.1, 0.15) is 0 Å². The summed E-state index contributed by atoms with van der Waals surface area (Å²) >= 11 is 1.21. The predicted molar refractivity (Wildman–Crippen MR) is 104 cm³/mol. The van der Waals surface area contributed by atoms with Crippen LogP contribution in [-0.2, 0) is 11.0 Å². The van der Waals surface area contributed by atoms with Gasteiger partial charge in [-0.15, -0.1) is 0 Å². The van der Waals surface area contributed by atoms with Crippen LogP contribution in [0.1, 0.15) is 16.7 Å². The average Bonchev–Trinajstić information content (AvgIpc) is 3.07. The van der Waals surface area contributed by atoms with Crippen LogP contribution in [0, 0.1) is 13.8 Å². The Balaban J connectivity index is 1.67. The summed E-state index contributed by atoms with van der Waals surface area (Å²) < 4.78 is 40.2. The number of hydrogen-bond donors (Lipinski definition) is 1. The number of halogens is 3. The van der Waals surface area contributed by atoms with E-state index in [1.807, 2.05) is 30.5 Å². The number of aromatic nitrogens is 2. The van der Waals surface area contributed by atoms with E-state index in [4.69, 9.17) is 0 Å². The van der Waals surface area contributed by atoms with Gasteiger partial charge >= 0.3 is 6.18 Å². The van der Waals surface area contributed by atoms with E-state index in [9.17, 15) is 18.0 Å². The normalized spacial score (nSPS) is 11.5. The van der Waals surface area contributed by atoms with Crippen LogP contribution in [0.15, 0.2) is 60.0 Å². The molecule has 1 N–H and O–H groups in total. The molecule has 1 heterocycles. The zero-order valence-electron chi connectivity index (χ0n) is 15.2. The molecule has 0 aliphatic heterocycles. The average molecular weight is 405 g/mol. The van der Waals surface area contributed by atoms with Crippen LogP contribution in [0.4, 0.5) is 18.9 Å². The number of alkyl halides is 3. The Morgan fingerprint density at radius 2 is 1.86 bits per heavy atom. The van der Waals surface area contributed by atoms with Gasteiger partial charge in [0.05, 0.1) is 11.3 Å². The fourth-order valence-corrected chi connectivity index (χ4v) is 3.56. The molecule has 146 valence electrons. The number of carbonyl (C=O) groups excluding carboxylic acids is 1. The maximum Gasteiger partial charge on any atom is 0.416 e. The number of thioether (sulfide) groups is 1. The molecule has 0 atom stereocenters. The minimum Gasteiger partial charge on any atom is -0.325 e. The van der Waals surface area contributed by atoms with Gasteiger partial charge in [-0.2, -0.15) is 13.2 Å². The molecule has 0 saturated heterocycles. The smallest absolute Gasteiger partial charge is 0.325 e. The first-order valence-electron chi connectivity index (χ1n) is 8.44. The van der Waals surface area contributed by atoms with E-state index in [2.05, 4.69) is 16.4 Å². The minimum atomic E-state index is -4.45. The van der Waals surface area contributed by atoms with Crippen molar-refractivity contribution in [2.45, 2.75) is 25.2 Å². The van der Waals surface area contributed by atoms with Crippen molar-refractivity contribution in [2.75, 3.05) is 11.1 Å². The molecular weight excluding hydrogens is 387 g/mol. The number of rotatable bonds is 5. The Hall–Kier alpha value is -2.74. The van der Waals surface area contributed by atoms with Crippen molar-refractivity contribution < 1.29 is 18.0 Å². The molecule has 8 heteroatoms. The second-order valence-electron chi connectivity index (χ2n) is 6.34. The number of aryl methyl sites for hydroxylation is 2. The highest BCUT2D eigenvalue weighted by atomic mass is 32.2. The molecule has 0 unspecified atom stereocenters. The first-order chi connectivity index (χ1) is 13.2. The third-order valence-corrected chi connectivity index (χ3v) is 4.86. The first-order valence-corrected chi connectivity index (χ1v) is 9.43. The number of anilines is 1. The number of nitrogens with one attached hydrogen (secondary N) is 1. The van der Waals surface area contributed by atoms with Crippen LogP contribution in [0.25, 0.3) is 5.69 Å². The van der Waals surface area contributed by atoms with Gasteiger partial charge < -0.3 is 5.32 Å². The maximum atomic E-state index is 12.8. The SMILES string of the molecule is Cc1cc(C)cc(-n2ccnc2SCC(=O)Nc2cccc(C(F)(F)F)c2)c1. The largest absolute Gasteiger partial charge is 0.416 e. The summed E-state index contributed by atoms with van der Waals surface area (Å²) in [7, 11) is 0. The fourth-order valence-electron chi connectivity index (χ4n) is 2.78. The third kappa shape index (κ3) is 4.95. The van der Waals surface area contributed by atoms with Gasteiger partial charge in [0.2, 0.25) is 5.91 Å². The van der Waals surface area contributed by atoms with Crippen LogP contribution in [0.3, 0.4) is 0 Å². The molecule has 28 heavy (non-hydrogen) atoms. The molecule has 0 aliphatic rings. The van der Waals surface area contributed by atoms with Crippen LogP contribution in [-0.4, -0.2) is 21.2 Å². The molecule has 0 radical (unpaired) electrons. The van der Waals surface area contributed by atoms with E-state index in [0.29, 0.717) is 5.16 Å². The van der Waals surface area contributed by atoms with Gasteiger partial charge in [0.15, 0.2) is 5.16 Å². The van der Waals surface area contributed by atoms with Crippen molar-refractivity contribution in [1.29, 1.82) is 0 Å². The molecule has 3 rings (SSSR count). The van der Waals surface area contributed by atoms with E-state index < -0.39 is 17.6 Å². The molecular formula is C20H18F3N3OS. The van der Waals surface area contributed by atoms with Gasteiger partial charge in [-0.1, -0.05) is 23.9 Å². The monoisotopic (exact) mass is 405 g/mol. The molecule has 0 spiro atoms. The predicted octanol–water partition coefficient (Wildman–Crippen LogP) is 5.24. The Morgan fingerprint density at radius 3 is 2.54 bits per heavy atom. The molecule has 1 amide bonds. The van der Waals surface area contributed by atoms with Crippen molar-refractivity contribution >= 4 is 23.4 Å². The highest BCUT2D eigenvalue weighted by molar-refractivity contribution is 7.99. The van der Waals surface area contributed by atoms with Crippen molar-refractivity contribution in [3.8, 4) is 5.69 Å². The lowest BCUT2D eigenvalue weighted by Gasteiger charge is -2.11. The van der Waals surface area contributed by atoms with E-state index in [-0.39, 0.29) is 11.4 Å². The van der Waals surface area contributed by atoms with Crippen LogP contribution < -0.4 is 5.32 Å². The number of hydrogen-bond acceptors (Lipinski definition) is 3. The number of amides is 1. The number of carbonyl (C=O) groups is 1. The van der Waals surface area contributed by atoms with Crippen molar-refractivity contribution in [1.82, 2.24) is 9.55 Å². The van der Waals surface area contributed by atoms with Crippen LogP contribution in [0.5, 0.6) is 0 Å². The standard InChI is InChI=1S/C20H18F3N3OS/c1-13-8-14(2)10-17(9-13)26-7-6-24-19(26)28-12-18(27)25-16-5-3-4-15(11-16)20(21,22)23/h3-11H,12H2,1-2H3,(H,25,27). The molecule has 0 fully saturated rings. The van der Waals surface area contributed by atoms with Crippen molar-refractivity contribution in [3.05, 3.63) is 71.5 Å². The summed E-state index contributed by atoms with van der Waals surface area (Å²) in [4.78, 5) is 16.4. The van der Waals surface area contributed by atoms with E-state index >= 15 is 0 Å². The number of nitrogens with zero attached hydrogens (tertiary/aromatic N) is 2. The molecule has 0 saturated carbocycles. The first kappa shape index (κ1) is 20.0. The summed E-state index contributed by atoms with van der Waals surface area (Å²) in [6.07, 6.45) is -1.00. The highest BCUT2D eigenvalue weighted by Gasteiger charge is 2.30. The Kier molecular flexibility index (Phi) is 5.79. The zero-order valence-corrected chi connectivity index (χ0v) is 16.1. The van der Waals surface area contributed by atoms with Gasteiger partial charge in [-0.05, 0) is 55.3 Å². The second kappa shape index (κ2) is 8.10. The summed E-state index contributed by atoms with van der Waals surface area (Å²) in [5, 5.41) is 3.13. The molecule has 0 aliphatic carbocycles. The lowest BCUT2D eigenvalue weighted by molar-refractivity contribution is -0.137. The molecule has 1 aromatic heterocycles. The van der Waals surface area contributed by atoms with Crippen molar-refractivity contribution in [2.24, 2.45) is 0 Å². The summed E-state index contributed by atoms with van der Waals surface area (Å²) in [6.45, 7) is 4.01. The summed E-state index contributed by atoms with van der Waals surface area (Å²) in [6, 6.07) is 10.7. The summed E-state index contributed by atoms with van der Waals surface area (Å²) in [5.74, 6) is -0.378. The van der Waals surface area contributed by atoms with Crippen LogP contribution >= 0.6 is 11.8 Å². The molecule has 2 aromatic carbocycles. The Labute approximate surface area is 164 Å².